The van der Waals surface area contributed by atoms with Crippen LogP contribution in [0.1, 0.15) is 0 Å². The molecule has 50 heavy (non-hydrogen) atoms. The van der Waals surface area contributed by atoms with Crippen LogP contribution in [0.2, 0.25) is 0 Å². The van der Waals surface area contributed by atoms with E-state index < -0.39 is 0 Å². The summed E-state index contributed by atoms with van der Waals surface area (Å²) in [6, 6.07) is 71.4. The van der Waals surface area contributed by atoms with Crippen molar-refractivity contribution in [1.29, 1.82) is 0 Å². The van der Waals surface area contributed by atoms with Crippen molar-refractivity contribution < 1.29 is 0 Å². The van der Waals surface area contributed by atoms with Gasteiger partial charge >= 0.3 is 0 Å². The van der Waals surface area contributed by atoms with Gasteiger partial charge < -0.3 is 0 Å². The van der Waals surface area contributed by atoms with E-state index in [2.05, 4.69) is 194 Å². The third-order valence-electron chi connectivity index (χ3n) is 10.4. The summed E-state index contributed by atoms with van der Waals surface area (Å²) >= 11 is 0. The van der Waals surface area contributed by atoms with Crippen LogP contribution in [0.3, 0.4) is 0 Å². The Kier molecular flexibility index (Phi) is 6.60. The molecule has 0 N–H and O–H groups in total. The topological polar surface area (TPSA) is 0 Å². The van der Waals surface area contributed by atoms with Crippen molar-refractivity contribution in [1.82, 2.24) is 0 Å². The highest BCUT2D eigenvalue weighted by atomic mass is 14.2. The Morgan fingerprint density at radius 1 is 0.180 bits per heavy atom. The molecule has 10 rings (SSSR count). The highest BCUT2D eigenvalue weighted by Gasteiger charge is 2.16. The minimum absolute atomic E-state index is 1.23. The molecule has 0 radical (unpaired) electrons. The van der Waals surface area contributed by atoms with E-state index in [9.17, 15) is 0 Å². The van der Waals surface area contributed by atoms with E-state index in [4.69, 9.17) is 0 Å². The molecule has 0 unspecified atom stereocenters. The molecule has 0 fully saturated rings. The summed E-state index contributed by atoms with van der Waals surface area (Å²) in [6.07, 6.45) is 0. The number of benzene rings is 10. The van der Waals surface area contributed by atoms with Crippen LogP contribution in [0, 0.1) is 0 Å². The molecule has 0 nitrogen and oxygen atoms in total. The third-order valence-corrected chi connectivity index (χ3v) is 10.4. The second-order valence-electron chi connectivity index (χ2n) is 13.2. The van der Waals surface area contributed by atoms with E-state index in [1.54, 1.807) is 0 Å². The molecule has 0 saturated carbocycles. The van der Waals surface area contributed by atoms with Crippen LogP contribution >= 0.6 is 0 Å². The molecule has 0 amide bonds. The van der Waals surface area contributed by atoms with E-state index in [1.807, 2.05) is 0 Å². The fraction of sp³-hybridized carbons (Fsp3) is 0. The first-order chi connectivity index (χ1) is 24.8. The zero-order chi connectivity index (χ0) is 33.0. The predicted molar refractivity (Wildman–Crippen MR) is 216 cm³/mol. The first-order valence-corrected chi connectivity index (χ1v) is 17.3. The number of hydrogen-bond donors (Lipinski definition) is 0. The van der Waals surface area contributed by atoms with Gasteiger partial charge in [-0.05, 0) is 123 Å². The van der Waals surface area contributed by atoms with Crippen LogP contribution in [-0.4, -0.2) is 0 Å². The molecular weight excluding hydrogens is 601 g/mol. The average Bonchev–Trinajstić information content (AvgIpc) is 3.20. The maximum absolute atomic E-state index is 2.43. The second kappa shape index (κ2) is 11.6. The van der Waals surface area contributed by atoms with E-state index in [0.29, 0.717) is 0 Å². The van der Waals surface area contributed by atoms with Crippen LogP contribution in [0.5, 0.6) is 0 Å². The zero-order valence-corrected chi connectivity index (χ0v) is 27.5. The van der Waals surface area contributed by atoms with Gasteiger partial charge in [-0.2, -0.15) is 0 Å². The molecule has 10 aromatic carbocycles. The molecule has 232 valence electrons. The van der Waals surface area contributed by atoms with Crippen molar-refractivity contribution >= 4 is 53.9 Å². The van der Waals surface area contributed by atoms with Crippen molar-refractivity contribution in [2.75, 3.05) is 0 Å². The summed E-state index contributed by atoms with van der Waals surface area (Å²) in [5.41, 5.74) is 9.95. The summed E-state index contributed by atoms with van der Waals surface area (Å²) in [7, 11) is 0. The lowest BCUT2D eigenvalue weighted by Gasteiger charge is -2.17. The summed E-state index contributed by atoms with van der Waals surface area (Å²) in [6.45, 7) is 0. The molecule has 0 atom stereocenters. The minimum atomic E-state index is 1.23. The standard InChI is InChI=1S/C50H32/c1-3-21-39-33(13-1)15-11-27-41(39)35-17-9-19-37(29-35)47-31-49-46-26-8-6-24-44(46)48(32-50(49)45-25-7-5-23-43(45)47)38-20-10-18-36(30-38)42-28-12-16-34-14-2-4-22-40(34)42/h1-32H. The Morgan fingerprint density at radius 2 is 0.500 bits per heavy atom. The summed E-state index contributed by atoms with van der Waals surface area (Å²) in [5.74, 6) is 0. The Labute approximate surface area is 291 Å². The number of hydrogen-bond acceptors (Lipinski definition) is 0. The fourth-order valence-electron chi connectivity index (χ4n) is 8.09. The lowest BCUT2D eigenvalue weighted by atomic mass is 9.86. The quantitative estimate of drug-likeness (QED) is 0.169. The predicted octanol–water partition coefficient (Wildman–Crippen LogP) is 14.1. The van der Waals surface area contributed by atoms with Crippen LogP contribution in [-0.2, 0) is 0 Å². The van der Waals surface area contributed by atoms with E-state index in [0.717, 1.165) is 0 Å². The van der Waals surface area contributed by atoms with Gasteiger partial charge in [-0.15, -0.1) is 0 Å². The zero-order valence-electron chi connectivity index (χ0n) is 27.5. The van der Waals surface area contributed by atoms with Gasteiger partial charge in [-0.1, -0.05) is 170 Å². The first-order valence-electron chi connectivity index (χ1n) is 17.3. The van der Waals surface area contributed by atoms with E-state index in [1.165, 1.54) is 98.4 Å². The third kappa shape index (κ3) is 4.61. The van der Waals surface area contributed by atoms with Gasteiger partial charge in [0, 0.05) is 0 Å². The molecule has 0 heteroatoms. The molecule has 0 saturated heterocycles. The fourth-order valence-corrected chi connectivity index (χ4v) is 8.09. The van der Waals surface area contributed by atoms with Crippen LogP contribution in [0.15, 0.2) is 194 Å². The van der Waals surface area contributed by atoms with Gasteiger partial charge in [0.15, 0.2) is 0 Å². The Morgan fingerprint density at radius 3 is 0.940 bits per heavy atom. The molecule has 0 aromatic heterocycles. The largest absolute Gasteiger partial charge is 0.0616 e. The molecule has 10 aromatic rings. The number of fused-ring (bicyclic) bond motifs is 7. The summed E-state index contributed by atoms with van der Waals surface area (Å²) in [4.78, 5) is 0. The van der Waals surface area contributed by atoms with Crippen molar-refractivity contribution in [3.63, 3.8) is 0 Å². The normalized spacial score (nSPS) is 11.6. The molecule has 0 spiro atoms. The van der Waals surface area contributed by atoms with Gasteiger partial charge in [0.25, 0.3) is 0 Å². The maximum atomic E-state index is 2.43. The van der Waals surface area contributed by atoms with Gasteiger partial charge in [0.05, 0.1) is 0 Å². The molecule has 0 aliphatic rings. The van der Waals surface area contributed by atoms with Crippen molar-refractivity contribution in [2.45, 2.75) is 0 Å². The second-order valence-corrected chi connectivity index (χ2v) is 13.2. The summed E-state index contributed by atoms with van der Waals surface area (Å²) in [5, 5.41) is 12.7. The smallest absolute Gasteiger partial charge is 0.00923 e. The van der Waals surface area contributed by atoms with Crippen molar-refractivity contribution in [2.24, 2.45) is 0 Å². The maximum Gasteiger partial charge on any atom is -0.00923 e. The van der Waals surface area contributed by atoms with Crippen LogP contribution in [0.4, 0.5) is 0 Å². The van der Waals surface area contributed by atoms with E-state index in [-0.39, 0.29) is 0 Å². The Balaban J connectivity index is 1.19. The van der Waals surface area contributed by atoms with Gasteiger partial charge in [0.1, 0.15) is 0 Å². The van der Waals surface area contributed by atoms with Gasteiger partial charge in [-0.3, -0.25) is 0 Å². The molecule has 0 heterocycles. The summed E-state index contributed by atoms with van der Waals surface area (Å²) < 4.78 is 0. The van der Waals surface area contributed by atoms with Crippen LogP contribution in [0.25, 0.3) is 98.4 Å². The molecule has 0 aliphatic heterocycles. The SMILES string of the molecule is c1cc(-c2cccc3ccccc23)cc(-c2cc3c4ccccc4c(-c4cccc(-c5cccc6ccccc56)c4)cc3c3ccccc23)c1. The van der Waals surface area contributed by atoms with Crippen LogP contribution < -0.4 is 0 Å². The lowest BCUT2D eigenvalue weighted by Crippen LogP contribution is -1.90. The molecule has 0 aliphatic carbocycles. The van der Waals surface area contributed by atoms with Gasteiger partial charge in [0.2, 0.25) is 0 Å². The highest BCUT2D eigenvalue weighted by molar-refractivity contribution is 6.24. The minimum Gasteiger partial charge on any atom is -0.0616 e. The van der Waals surface area contributed by atoms with Gasteiger partial charge in [-0.25, -0.2) is 0 Å². The Bertz CT molecular complexity index is 2710. The molecule has 0 bridgehead atoms. The van der Waals surface area contributed by atoms with Crippen molar-refractivity contribution in [3.8, 4) is 44.5 Å². The first kappa shape index (κ1) is 28.5. The monoisotopic (exact) mass is 632 g/mol. The van der Waals surface area contributed by atoms with Crippen molar-refractivity contribution in [3.05, 3.63) is 194 Å². The highest BCUT2D eigenvalue weighted by Crippen LogP contribution is 2.43. The number of rotatable bonds is 4. The lowest BCUT2D eigenvalue weighted by molar-refractivity contribution is 1.63. The molecular formula is C50H32. The van der Waals surface area contributed by atoms with E-state index >= 15 is 0 Å². The average molecular weight is 633 g/mol. The Hall–Kier alpha value is -6.50.